The molecular weight excluding hydrogens is 185 g/mol. The molecular formula is C8H11F3O2. The van der Waals surface area contributed by atoms with Gasteiger partial charge in [0.15, 0.2) is 0 Å². The van der Waals surface area contributed by atoms with Crippen LogP contribution < -0.4 is 0 Å². The summed E-state index contributed by atoms with van der Waals surface area (Å²) in [6, 6.07) is 0. The van der Waals surface area contributed by atoms with Gasteiger partial charge in [0.1, 0.15) is 5.57 Å². The molecule has 0 spiro atoms. The zero-order chi connectivity index (χ0) is 10.5. The Kier molecular flexibility index (Phi) is 4.51. The minimum absolute atomic E-state index is 0.00620. The summed E-state index contributed by atoms with van der Waals surface area (Å²) in [7, 11) is 0. The van der Waals surface area contributed by atoms with Crippen LogP contribution >= 0.6 is 0 Å². The van der Waals surface area contributed by atoms with Gasteiger partial charge in [-0.2, -0.15) is 13.2 Å². The number of ether oxygens (including phenoxy) is 1. The monoisotopic (exact) mass is 196 g/mol. The Bertz CT molecular complexity index is 206. The molecule has 0 N–H and O–H groups in total. The second-order valence-corrected chi connectivity index (χ2v) is 2.34. The highest BCUT2D eigenvalue weighted by Crippen LogP contribution is 2.26. The summed E-state index contributed by atoms with van der Waals surface area (Å²) in [6.45, 7) is 2.86. The van der Waals surface area contributed by atoms with Crippen molar-refractivity contribution in [3.8, 4) is 0 Å². The van der Waals surface area contributed by atoms with Crippen molar-refractivity contribution in [2.24, 2.45) is 0 Å². The molecule has 0 saturated heterocycles. The van der Waals surface area contributed by atoms with Crippen molar-refractivity contribution >= 4 is 5.97 Å². The van der Waals surface area contributed by atoms with E-state index in [2.05, 4.69) is 4.74 Å². The van der Waals surface area contributed by atoms with Crippen molar-refractivity contribution in [2.45, 2.75) is 26.4 Å². The van der Waals surface area contributed by atoms with Gasteiger partial charge in [-0.05, 0) is 13.3 Å². The Morgan fingerprint density at radius 3 is 2.31 bits per heavy atom. The Morgan fingerprint density at radius 2 is 2.00 bits per heavy atom. The number of halogens is 3. The number of allylic oxidation sites excluding steroid dienone is 1. The van der Waals surface area contributed by atoms with Crippen LogP contribution in [0.3, 0.4) is 0 Å². The van der Waals surface area contributed by atoms with Crippen LogP contribution in [-0.4, -0.2) is 18.8 Å². The fourth-order valence-electron chi connectivity index (χ4n) is 0.670. The van der Waals surface area contributed by atoms with Crippen LogP contribution in [0.15, 0.2) is 11.6 Å². The lowest BCUT2D eigenvalue weighted by molar-refractivity contribution is -0.150. The maximum absolute atomic E-state index is 12.0. The smallest absolute Gasteiger partial charge is 0.423 e. The summed E-state index contributed by atoms with van der Waals surface area (Å²) in [5.41, 5.74) is -1.25. The van der Waals surface area contributed by atoms with Crippen molar-refractivity contribution in [3.63, 3.8) is 0 Å². The first-order valence-electron chi connectivity index (χ1n) is 3.84. The molecule has 0 atom stereocenters. The van der Waals surface area contributed by atoms with E-state index in [1.54, 1.807) is 6.92 Å². The quantitative estimate of drug-likeness (QED) is 0.512. The van der Waals surface area contributed by atoms with E-state index in [-0.39, 0.29) is 6.61 Å². The lowest BCUT2D eigenvalue weighted by atomic mass is 10.2. The molecule has 0 aromatic rings. The second kappa shape index (κ2) is 4.89. The van der Waals surface area contributed by atoms with Crippen LogP contribution in [0.5, 0.6) is 0 Å². The fraction of sp³-hybridized carbons (Fsp3) is 0.625. The zero-order valence-corrected chi connectivity index (χ0v) is 7.44. The van der Waals surface area contributed by atoms with Gasteiger partial charge >= 0.3 is 12.1 Å². The van der Waals surface area contributed by atoms with Gasteiger partial charge in [0.05, 0.1) is 6.61 Å². The minimum atomic E-state index is -4.63. The molecule has 0 fully saturated rings. The second-order valence-electron chi connectivity index (χ2n) is 2.34. The Labute approximate surface area is 74.4 Å². The summed E-state index contributed by atoms with van der Waals surface area (Å²) in [4.78, 5) is 10.8. The number of alkyl halides is 3. The Hall–Kier alpha value is -1.00. The molecule has 0 rings (SSSR count). The maximum atomic E-state index is 12.0. The molecule has 13 heavy (non-hydrogen) atoms. The van der Waals surface area contributed by atoms with Gasteiger partial charge in [0.25, 0.3) is 0 Å². The van der Waals surface area contributed by atoms with E-state index >= 15 is 0 Å². The number of rotatable bonds is 3. The highest BCUT2D eigenvalue weighted by Gasteiger charge is 2.38. The van der Waals surface area contributed by atoms with Gasteiger partial charge < -0.3 is 4.74 Å². The Balaban J connectivity index is 4.36. The number of carbonyl (C=O) groups is 1. The minimum Gasteiger partial charge on any atom is -0.462 e. The van der Waals surface area contributed by atoms with Gasteiger partial charge in [-0.1, -0.05) is 13.0 Å². The molecule has 0 saturated carbocycles. The van der Waals surface area contributed by atoms with Crippen LogP contribution in [0.4, 0.5) is 13.2 Å². The molecule has 0 aliphatic heterocycles. The molecule has 0 aromatic carbocycles. The first-order valence-corrected chi connectivity index (χ1v) is 3.84. The van der Waals surface area contributed by atoms with Crippen LogP contribution in [-0.2, 0) is 9.53 Å². The van der Waals surface area contributed by atoms with Crippen LogP contribution in [0.2, 0.25) is 0 Å². The third kappa shape index (κ3) is 3.96. The van der Waals surface area contributed by atoms with Gasteiger partial charge in [-0.3, -0.25) is 0 Å². The molecule has 0 aliphatic rings. The third-order valence-electron chi connectivity index (χ3n) is 1.25. The fourth-order valence-corrected chi connectivity index (χ4v) is 0.670. The molecule has 76 valence electrons. The summed E-state index contributed by atoms with van der Waals surface area (Å²) >= 11 is 0. The van der Waals surface area contributed by atoms with E-state index in [4.69, 9.17) is 0 Å². The molecule has 0 amide bonds. The van der Waals surface area contributed by atoms with E-state index in [0.717, 1.165) is 6.92 Å². The van der Waals surface area contributed by atoms with Crippen molar-refractivity contribution in [2.75, 3.05) is 6.61 Å². The summed E-state index contributed by atoms with van der Waals surface area (Å²) in [6.07, 6.45) is -3.42. The molecule has 0 aromatic heterocycles. The van der Waals surface area contributed by atoms with E-state index in [9.17, 15) is 18.0 Å². The van der Waals surface area contributed by atoms with Crippen LogP contribution in [0, 0.1) is 0 Å². The topological polar surface area (TPSA) is 26.3 Å². The summed E-state index contributed by atoms with van der Waals surface area (Å²) in [5.74, 6) is -1.31. The highest BCUT2D eigenvalue weighted by molar-refractivity contribution is 5.89. The lowest BCUT2D eigenvalue weighted by Gasteiger charge is -2.09. The number of esters is 1. The van der Waals surface area contributed by atoms with Gasteiger partial charge in [0.2, 0.25) is 0 Å². The number of hydrogen-bond acceptors (Lipinski definition) is 2. The predicted molar refractivity (Wildman–Crippen MR) is 41.1 cm³/mol. The molecule has 0 unspecified atom stereocenters. The Morgan fingerprint density at radius 1 is 1.46 bits per heavy atom. The number of hydrogen-bond donors (Lipinski definition) is 0. The molecule has 0 bridgehead atoms. The third-order valence-corrected chi connectivity index (χ3v) is 1.25. The van der Waals surface area contributed by atoms with Crippen molar-refractivity contribution in [1.82, 2.24) is 0 Å². The van der Waals surface area contributed by atoms with Crippen LogP contribution in [0.25, 0.3) is 0 Å². The van der Waals surface area contributed by atoms with E-state index in [1.165, 1.54) is 0 Å². The summed E-state index contributed by atoms with van der Waals surface area (Å²) < 4.78 is 40.4. The van der Waals surface area contributed by atoms with E-state index in [0.29, 0.717) is 12.5 Å². The standard InChI is InChI=1S/C8H11F3O2/c1-3-5-13-7(12)6(4-2)8(9,10)11/h4H,3,5H2,1-2H3/b6-4-. The largest absolute Gasteiger partial charge is 0.462 e. The highest BCUT2D eigenvalue weighted by atomic mass is 19.4. The first-order chi connectivity index (χ1) is 5.93. The first kappa shape index (κ1) is 12.0. The maximum Gasteiger partial charge on any atom is 0.423 e. The van der Waals surface area contributed by atoms with E-state index in [1.807, 2.05) is 0 Å². The summed E-state index contributed by atoms with van der Waals surface area (Å²) in [5, 5.41) is 0. The molecule has 0 radical (unpaired) electrons. The van der Waals surface area contributed by atoms with E-state index < -0.39 is 17.7 Å². The lowest BCUT2D eigenvalue weighted by Crippen LogP contribution is -2.22. The number of carbonyl (C=O) groups excluding carboxylic acids is 1. The van der Waals surface area contributed by atoms with Gasteiger partial charge in [0, 0.05) is 0 Å². The van der Waals surface area contributed by atoms with Gasteiger partial charge in [-0.25, -0.2) is 4.79 Å². The van der Waals surface area contributed by atoms with Crippen molar-refractivity contribution in [1.29, 1.82) is 0 Å². The van der Waals surface area contributed by atoms with Gasteiger partial charge in [-0.15, -0.1) is 0 Å². The molecule has 0 aliphatic carbocycles. The predicted octanol–water partition coefficient (Wildman–Crippen LogP) is 2.45. The molecule has 5 heteroatoms. The SMILES string of the molecule is C/C=C(/C(=O)OCCC)C(F)(F)F. The normalized spacial score (nSPS) is 12.8. The van der Waals surface area contributed by atoms with Crippen LogP contribution in [0.1, 0.15) is 20.3 Å². The zero-order valence-electron chi connectivity index (χ0n) is 7.44. The van der Waals surface area contributed by atoms with Crippen molar-refractivity contribution < 1.29 is 22.7 Å². The molecule has 0 heterocycles. The average molecular weight is 196 g/mol. The molecule has 2 nitrogen and oxygen atoms in total. The average Bonchev–Trinajstić information content (AvgIpc) is 1.99. The van der Waals surface area contributed by atoms with Crippen molar-refractivity contribution in [3.05, 3.63) is 11.6 Å².